The Hall–Kier alpha value is -2.14. The Morgan fingerprint density at radius 1 is 1.29 bits per heavy atom. The molecular formula is C19H24N2O3. The van der Waals surface area contributed by atoms with E-state index in [-0.39, 0.29) is 17.9 Å². The van der Waals surface area contributed by atoms with E-state index in [0.29, 0.717) is 24.4 Å². The zero-order chi connectivity index (χ0) is 16.9. The minimum absolute atomic E-state index is 0.125. The molecule has 1 aliphatic carbocycles. The molecule has 0 spiro atoms. The van der Waals surface area contributed by atoms with Gasteiger partial charge < -0.3 is 15.4 Å². The van der Waals surface area contributed by atoms with E-state index in [1.54, 1.807) is 0 Å². The van der Waals surface area contributed by atoms with Gasteiger partial charge in [-0.3, -0.25) is 9.59 Å². The number of para-hydroxylation sites is 1. The molecule has 1 aromatic carbocycles. The lowest BCUT2D eigenvalue weighted by Crippen LogP contribution is -2.35. The van der Waals surface area contributed by atoms with Gasteiger partial charge in [0.2, 0.25) is 5.91 Å². The lowest BCUT2D eigenvalue weighted by atomic mass is 10.0. The summed E-state index contributed by atoms with van der Waals surface area (Å²) in [7, 11) is 0. The molecule has 0 aliphatic heterocycles. The van der Waals surface area contributed by atoms with E-state index in [1.807, 2.05) is 30.3 Å². The highest BCUT2D eigenvalue weighted by Crippen LogP contribution is 2.27. The summed E-state index contributed by atoms with van der Waals surface area (Å²) in [6.07, 6.45) is 4.61. The molecule has 1 aromatic heterocycles. The number of carbonyl (C=O) groups is 1. The Kier molecular flexibility index (Phi) is 5.30. The second kappa shape index (κ2) is 7.62. The molecule has 0 bridgehead atoms. The van der Waals surface area contributed by atoms with Crippen LogP contribution in [-0.4, -0.2) is 28.6 Å². The zero-order valence-electron chi connectivity index (χ0n) is 13.8. The van der Waals surface area contributed by atoms with Crippen LogP contribution >= 0.6 is 0 Å². The van der Waals surface area contributed by atoms with Crippen LogP contribution < -0.4 is 10.9 Å². The van der Waals surface area contributed by atoms with Crippen molar-refractivity contribution in [3.8, 4) is 0 Å². The molecule has 2 aromatic rings. The number of carbonyl (C=O) groups excluding carboxylic acids is 1. The number of pyridine rings is 1. The fraction of sp³-hybridized carbons (Fsp3) is 0.474. The van der Waals surface area contributed by atoms with Crippen LogP contribution in [0, 0.1) is 5.92 Å². The Bertz CT molecular complexity index is 763. The van der Waals surface area contributed by atoms with Gasteiger partial charge in [0.25, 0.3) is 5.56 Å². The third kappa shape index (κ3) is 4.03. The fourth-order valence-electron chi connectivity index (χ4n) is 3.44. The third-order valence-electron chi connectivity index (χ3n) is 4.90. The van der Waals surface area contributed by atoms with Crippen molar-refractivity contribution < 1.29 is 9.90 Å². The quantitative estimate of drug-likeness (QED) is 0.760. The molecule has 128 valence electrons. The van der Waals surface area contributed by atoms with Crippen LogP contribution in [0.3, 0.4) is 0 Å². The van der Waals surface area contributed by atoms with Crippen molar-refractivity contribution >= 4 is 16.8 Å². The number of hydrogen-bond acceptors (Lipinski definition) is 3. The first-order chi connectivity index (χ1) is 11.6. The van der Waals surface area contributed by atoms with Crippen molar-refractivity contribution in [1.29, 1.82) is 0 Å². The van der Waals surface area contributed by atoms with Gasteiger partial charge in [-0.1, -0.05) is 31.0 Å². The molecule has 1 aliphatic rings. The Labute approximate surface area is 141 Å². The largest absolute Gasteiger partial charge is 0.391 e. The number of aryl methyl sites for hydroxylation is 1. The Balaban J connectivity index is 1.52. The van der Waals surface area contributed by atoms with Crippen molar-refractivity contribution in [3.05, 3.63) is 46.2 Å². The molecule has 3 N–H and O–H groups in total. The first kappa shape index (κ1) is 16.7. The van der Waals surface area contributed by atoms with Crippen LogP contribution in [-0.2, 0) is 11.2 Å². The average molecular weight is 328 g/mol. The van der Waals surface area contributed by atoms with Crippen molar-refractivity contribution in [2.45, 2.75) is 44.6 Å². The van der Waals surface area contributed by atoms with Crippen LogP contribution in [0.2, 0.25) is 0 Å². The summed E-state index contributed by atoms with van der Waals surface area (Å²) in [6.45, 7) is 0.303. The highest BCUT2D eigenvalue weighted by atomic mass is 16.3. The number of aliphatic hydroxyl groups excluding tert-OH is 1. The van der Waals surface area contributed by atoms with Gasteiger partial charge in [-0.25, -0.2) is 0 Å². The maximum absolute atomic E-state index is 12.1. The number of amides is 1. The minimum atomic E-state index is -0.458. The lowest BCUT2D eigenvalue weighted by molar-refractivity contribution is -0.121. The normalized spacial score (nSPS) is 16.4. The fourth-order valence-corrected chi connectivity index (χ4v) is 3.44. The van der Waals surface area contributed by atoms with E-state index < -0.39 is 6.10 Å². The zero-order valence-corrected chi connectivity index (χ0v) is 13.8. The number of aromatic nitrogens is 1. The second-order valence-corrected chi connectivity index (χ2v) is 6.63. The molecule has 5 heteroatoms. The first-order valence-corrected chi connectivity index (χ1v) is 8.69. The Morgan fingerprint density at radius 3 is 2.83 bits per heavy atom. The number of benzene rings is 1. The topological polar surface area (TPSA) is 82.2 Å². The van der Waals surface area contributed by atoms with Gasteiger partial charge >= 0.3 is 0 Å². The van der Waals surface area contributed by atoms with Crippen LogP contribution in [0.15, 0.2) is 35.1 Å². The van der Waals surface area contributed by atoms with Gasteiger partial charge in [0.1, 0.15) is 0 Å². The minimum Gasteiger partial charge on any atom is -0.391 e. The summed E-state index contributed by atoms with van der Waals surface area (Å²) < 4.78 is 0. The van der Waals surface area contributed by atoms with Gasteiger partial charge in [0.15, 0.2) is 0 Å². The summed E-state index contributed by atoms with van der Waals surface area (Å²) in [6, 6.07) is 9.43. The maximum Gasteiger partial charge on any atom is 0.251 e. The van der Waals surface area contributed by atoms with Crippen molar-refractivity contribution in [1.82, 2.24) is 10.3 Å². The monoisotopic (exact) mass is 328 g/mol. The molecule has 0 radical (unpaired) electrons. The molecule has 0 saturated heterocycles. The Morgan fingerprint density at radius 2 is 2.04 bits per heavy atom. The summed E-state index contributed by atoms with van der Waals surface area (Å²) >= 11 is 0. The third-order valence-corrected chi connectivity index (χ3v) is 4.90. The summed E-state index contributed by atoms with van der Waals surface area (Å²) in [5, 5.41) is 13.8. The molecular weight excluding hydrogens is 304 g/mol. The first-order valence-electron chi connectivity index (χ1n) is 8.69. The van der Waals surface area contributed by atoms with Crippen molar-refractivity contribution in [2.24, 2.45) is 5.92 Å². The van der Waals surface area contributed by atoms with Crippen molar-refractivity contribution in [3.63, 3.8) is 0 Å². The highest BCUT2D eigenvalue weighted by Gasteiger charge is 2.23. The SMILES string of the molecule is O=C(CCc1cc2ccccc2[nH]c1=O)NCC(O)C1CCCC1. The number of nitrogens with one attached hydrogen (secondary N) is 2. The molecule has 3 rings (SSSR count). The standard InChI is InChI=1S/C19H24N2O3/c22-17(13-5-1-2-6-13)12-20-18(23)10-9-15-11-14-7-3-4-8-16(14)21-19(15)24/h3-4,7-8,11,13,17,22H,1-2,5-6,9-10,12H2,(H,20,23)(H,21,24). The van der Waals surface area contributed by atoms with Crippen LogP contribution in [0.1, 0.15) is 37.7 Å². The van der Waals surface area contributed by atoms with E-state index >= 15 is 0 Å². The predicted octanol–water partition coefficient (Wildman–Crippen LogP) is 2.13. The van der Waals surface area contributed by atoms with Gasteiger partial charge in [0.05, 0.1) is 6.10 Å². The molecule has 1 atom stereocenters. The van der Waals surface area contributed by atoms with Gasteiger partial charge in [-0.15, -0.1) is 0 Å². The van der Waals surface area contributed by atoms with E-state index in [0.717, 1.165) is 23.7 Å². The molecule has 24 heavy (non-hydrogen) atoms. The smallest absolute Gasteiger partial charge is 0.251 e. The number of hydrogen-bond donors (Lipinski definition) is 3. The molecule has 5 nitrogen and oxygen atoms in total. The number of aliphatic hydroxyl groups is 1. The predicted molar refractivity (Wildman–Crippen MR) is 93.9 cm³/mol. The van der Waals surface area contributed by atoms with Crippen LogP contribution in [0.5, 0.6) is 0 Å². The number of fused-ring (bicyclic) bond motifs is 1. The van der Waals surface area contributed by atoms with E-state index in [2.05, 4.69) is 10.3 Å². The number of aromatic amines is 1. The van der Waals surface area contributed by atoms with E-state index in [9.17, 15) is 14.7 Å². The molecule has 1 unspecified atom stereocenters. The molecule has 1 heterocycles. The molecule has 1 fully saturated rings. The lowest BCUT2D eigenvalue weighted by Gasteiger charge is -2.18. The van der Waals surface area contributed by atoms with Crippen LogP contribution in [0.25, 0.3) is 10.9 Å². The van der Waals surface area contributed by atoms with E-state index in [1.165, 1.54) is 12.8 Å². The maximum atomic E-state index is 12.1. The summed E-state index contributed by atoms with van der Waals surface area (Å²) in [5.41, 5.74) is 1.27. The highest BCUT2D eigenvalue weighted by molar-refractivity contribution is 5.79. The van der Waals surface area contributed by atoms with Crippen LogP contribution in [0.4, 0.5) is 0 Å². The average Bonchev–Trinajstić information content (AvgIpc) is 3.12. The molecule has 1 amide bonds. The number of H-pyrrole nitrogens is 1. The van der Waals surface area contributed by atoms with Gasteiger partial charge in [-0.2, -0.15) is 0 Å². The van der Waals surface area contributed by atoms with Crippen molar-refractivity contribution in [2.75, 3.05) is 6.54 Å². The van der Waals surface area contributed by atoms with E-state index in [4.69, 9.17) is 0 Å². The summed E-state index contributed by atoms with van der Waals surface area (Å²) in [4.78, 5) is 26.9. The number of rotatable bonds is 6. The van der Waals surface area contributed by atoms with Gasteiger partial charge in [0, 0.05) is 24.0 Å². The summed E-state index contributed by atoms with van der Waals surface area (Å²) in [5.74, 6) is 0.188. The second-order valence-electron chi connectivity index (χ2n) is 6.63. The van der Waals surface area contributed by atoms with Gasteiger partial charge in [-0.05, 0) is 42.7 Å². The molecule has 1 saturated carbocycles.